The molecule has 0 aliphatic carbocycles. The Kier molecular flexibility index (Phi) is 4.75. The molecule has 0 saturated heterocycles. The van der Waals surface area contributed by atoms with Crippen molar-refractivity contribution in [1.29, 1.82) is 0 Å². The number of aromatic amines is 1. The third kappa shape index (κ3) is 3.38. The average Bonchev–Trinajstić information content (AvgIpc) is 3.14. The van der Waals surface area contributed by atoms with Crippen LogP contribution in [0.25, 0.3) is 16.5 Å². The smallest absolute Gasteiger partial charge is 0.168 e. The molecule has 0 amide bonds. The molecular weight excluding hydrogens is 372 g/mol. The minimum Gasteiger partial charge on any atom is -0.486 e. The van der Waals surface area contributed by atoms with Gasteiger partial charge in [0.2, 0.25) is 0 Å². The van der Waals surface area contributed by atoms with Crippen LogP contribution in [-0.4, -0.2) is 30.8 Å². The van der Waals surface area contributed by atoms with Crippen LogP contribution in [0.3, 0.4) is 0 Å². The molecule has 2 N–H and O–H groups in total. The van der Waals surface area contributed by atoms with Crippen molar-refractivity contribution in [3.05, 3.63) is 64.8 Å². The highest BCUT2D eigenvalue weighted by Crippen LogP contribution is 2.39. The summed E-state index contributed by atoms with van der Waals surface area (Å²) in [5.74, 6) is 1.76. The fraction of sp³-hybridized carbons (Fsp3) is 0.304. The van der Waals surface area contributed by atoms with Crippen LogP contribution in [0.2, 0.25) is 5.02 Å². The lowest BCUT2D eigenvalue weighted by atomic mass is 9.91. The van der Waals surface area contributed by atoms with Crippen LogP contribution in [0.5, 0.6) is 11.5 Å². The van der Waals surface area contributed by atoms with Crippen LogP contribution in [0.1, 0.15) is 24.0 Å². The number of fused-ring (bicyclic) bond motifs is 2. The summed E-state index contributed by atoms with van der Waals surface area (Å²) in [6.45, 7) is 2.12. The van der Waals surface area contributed by atoms with Crippen molar-refractivity contribution in [2.24, 2.45) is 0 Å². The highest BCUT2D eigenvalue weighted by atomic mass is 35.5. The molecule has 2 aliphatic rings. The molecule has 1 unspecified atom stereocenters. The van der Waals surface area contributed by atoms with Gasteiger partial charge >= 0.3 is 0 Å². The normalized spacial score (nSPS) is 18.9. The molecular formula is C23H23ClN2O2. The van der Waals surface area contributed by atoms with E-state index in [4.69, 9.17) is 21.1 Å². The Morgan fingerprint density at radius 2 is 2.04 bits per heavy atom. The monoisotopic (exact) mass is 394 g/mol. The first-order valence-electron chi connectivity index (χ1n) is 9.85. The molecule has 3 heterocycles. The van der Waals surface area contributed by atoms with Crippen molar-refractivity contribution in [2.75, 3.05) is 19.8 Å². The van der Waals surface area contributed by atoms with Gasteiger partial charge in [-0.3, -0.25) is 0 Å². The SMILES string of the molecule is Clc1ccc2c(CCC3CC(c4cccc5c4OCCO5)=CCN3)c[nH]c2c1. The first kappa shape index (κ1) is 17.7. The number of H-pyrrole nitrogens is 1. The molecule has 5 heteroatoms. The van der Waals surface area contributed by atoms with Gasteiger partial charge in [-0.25, -0.2) is 0 Å². The Morgan fingerprint density at radius 1 is 1.11 bits per heavy atom. The predicted octanol–water partition coefficient (Wildman–Crippen LogP) is 4.97. The topological polar surface area (TPSA) is 46.3 Å². The van der Waals surface area contributed by atoms with E-state index >= 15 is 0 Å². The summed E-state index contributed by atoms with van der Waals surface area (Å²) in [5, 5.41) is 5.67. The molecule has 1 aromatic heterocycles. The van der Waals surface area contributed by atoms with E-state index < -0.39 is 0 Å². The maximum absolute atomic E-state index is 6.10. The van der Waals surface area contributed by atoms with E-state index in [2.05, 4.69) is 40.8 Å². The van der Waals surface area contributed by atoms with Crippen LogP contribution in [0.4, 0.5) is 0 Å². The Balaban J connectivity index is 1.30. The third-order valence-electron chi connectivity index (χ3n) is 5.63. The molecule has 0 bridgehead atoms. The Labute approximate surface area is 169 Å². The van der Waals surface area contributed by atoms with Gasteiger partial charge in [0.05, 0.1) is 0 Å². The van der Waals surface area contributed by atoms with Crippen molar-refractivity contribution in [2.45, 2.75) is 25.3 Å². The van der Waals surface area contributed by atoms with Crippen LogP contribution in [0, 0.1) is 0 Å². The number of halogens is 1. The molecule has 2 aromatic carbocycles. The molecule has 4 nitrogen and oxygen atoms in total. The minimum absolute atomic E-state index is 0.442. The number of benzene rings is 2. The van der Waals surface area contributed by atoms with E-state index in [1.165, 1.54) is 22.1 Å². The van der Waals surface area contributed by atoms with Gasteiger partial charge in [-0.15, -0.1) is 0 Å². The predicted molar refractivity (Wildman–Crippen MR) is 113 cm³/mol. The Bertz CT molecular complexity index is 1040. The lowest BCUT2D eigenvalue weighted by Gasteiger charge is -2.27. The standard InChI is InChI=1S/C23H23ClN2O2/c24-17-5-7-19-16(14-26-21(19)13-17)4-6-18-12-15(8-9-25-18)20-2-1-3-22-23(20)28-11-10-27-22/h1-3,5,7-8,13-14,18,25-26H,4,6,9-12H2. The molecule has 28 heavy (non-hydrogen) atoms. The van der Waals surface area contributed by atoms with Gasteiger partial charge in [0.25, 0.3) is 0 Å². The van der Waals surface area contributed by atoms with Crippen LogP contribution < -0.4 is 14.8 Å². The minimum atomic E-state index is 0.442. The van der Waals surface area contributed by atoms with Gasteiger partial charge in [-0.05, 0) is 48.6 Å². The van der Waals surface area contributed by atoms with Crippen molar-refractivity contribution in [1.82, 2.24) is 10.3 Å². The second-order valence-electron chi connectivity index (χ2n) is 7.41. The van der Waals surface area contributed by atoms with E-state index in [1.807, 2.05) is 18.2 Å². The van der Waals surface area contributed by atoms with Crippen LogP contribution in [-0.2, 0) is 6.42 Å². The summed E-state index contributed by atoms with van der Waals surface area (Å²) >= 11 is 6.10. The number of aryl methyl sites for hydroxylation is 1. The van der Waals surface area contributed by atoms with E-state index in [-0.39, 0.29) is 0 Å². The summed E-state index contributed by atoms with van der Waals surface area (Å²) in [4.78, 5) is 3.34. The first-order valence-corrected chi connectivity index (χ1v) is 10.2. The molecule has 144 valence electrons. The Hall–Kier alpha value is -2.43. The van der Waals surface area contributed by atoms with Crippen molar-refractivity contribution < 1.29 is 9.47 Å². The molecule has 3 aromatic rings. The molecule has 1 atom stereocenters. The highest BCUT2D eigenvalue weighted by Gasteiger charge is 2.22. The molecule has 0 saturated carbocycles. The van der Waals surface area contributed by atoms with E-state index in [0.717, 1.165) is 47.8 Å². The Morgan fingerprint density at radius 3 is 3.00 bits per heavy atom. The molecule has 0 fully saturated rings. The number of aromatic nitrogens is 1. The van der Waals surface area contributed by atoms with Crippen molar-refractivity contribution in [3.8, 4) is 11.5 Å². The van der Waals surface area contributed by atoms with Crippen LogP contribution >= 0.6 is 11.6 Å². The first-order chi connectivity index (χ1) is 13.8. The number of para-hydroxylation sites is 1. The van der Waals surface area contributed by atoms with Crippen molar-refractivity contribution in [3.63, 3.8) is 0 Å². The molecule has 0 spiro atoms. The number of rotatable bonds is 4. The fourth-order valence-electron chi connectivity index (χ4n) is 4.22. The third-order valence-corrected chi connectivity index (χ3v) is 5.86. The highest BCUT2D eigenvalue weighted by molar-refractivity contribution is 6.31. The van der Waals surface area contributed by atoms with Gasteiger partial charge in [0.15, 0.2) is 11.5 Å². The molecule has 0 radical (unpaired) electrons. The largest absolute Gasteiger partial charge is 0.486 e. The zero-order valence-electron chi connectivity index (χ0n) is 15.6. The van der Waals surface area contributed by atoms with E-state index in [9.17, 15) is 0 Å². The van der Waals surface area contributed by atoms with Crippen molar-refractivity contribution >= 4 is 28.1 Å². The summed E-state index contributed by atoms with van der Waals surface area (Å²) in [7, 11) is 0. The van der Waals surface area contributed by atoms with Gasteiger partial charge in [0.1, 0.15) is 13.2 Å². The second-order valence-corrected chi connectivity index (χ2v) is 7.85. The van der Waals surface area contributed by atoms with E-state index in [0.29, 0.717) is 19.3 Å². The lowest BCUT2D eigenvalue weighted by Crippen LogP contribution is -2.33. The van der Waals surface area contributed by atoms with Crippen LogP contribution in [0.15, 0.2) is 48.7 Å². The summed E-state index contributed by atoms with van der Waals surface area (Å²) in [6, 6.07) is 12.7. The van der Waals surface area contributed by atoms with Gasteiger partial charge in [0, 0.05) is 40.3 Å². The fourth-order valence-corrected chi connectivity index (χ4v) is 4.39. The zero-order valence-corrected chi connectivity index (χ0v) is 16.4. The van der Waals surface area contributed by atoms with Gasteiger partial charge < -0.3 is 19.8 Å². The zero-order chi connectivity index (χ0) is 18.9. The quantitative estimate of drug-likeness (QED) is 0.656. The molecule has 5 rings (SSSR count). The number of hydrogen-bond acceptors (Lipinski definition) is 3. The number of nitrogens with one attached hydrogen (secondary N) is 2. The van der Waals surface area contributed by atoms with Gasteiger partial charge in [-0.2, -0.15) is 0 Å². The summed E-state index contributed by atoms with van der Waals surface area (Å²) in [5.41, 5.74) is 4.97. The molecule has 2 aliphatic heterocycles. The van der Waals surface area contributed by atoms with Gasteiger partial charge in [-0.1, -0.05) is 35.9 Å². The van der Waals surface area contributed by atoms with E-state index in [1.54, 1.807) is 0 Å². The maximum Gasteiger partial charge on any atom is 0.168 e. The average molecular weight is 395 g/mol. The summed E-state index contributed by atoms with van der Waals surface area (Å²) < 4.78 is 11.7. The number of hydrogen-bond donors (Lipinski definition) is 2. The second kappa shape index (κ2) is 7.53. The maximum atomic E-state index is 6.10. The number of ether oxygens (including phenoxy) is 2. The lowest BCUT2D eigenvalue weighted by molar-refractivity contribution is 0.171. The summed E-state index contributed by atoms with van der Waals surface area (Å²) in [6.07, 6.45) is 7.49.